The normalized spacial score (nSPS) is 14.5. The average Bonchev–Trinajstić information content (AvgIpc) is 3.09. The molecule has 7 heteroatoms. The molecule has 1 aromatic carbocycles. The van der Waals surface area contributed by atoms with E-state index >= 15 is 0 Å². The van der Waals surface area contributed by atoms with Gasteiger partial charge in [-0.05, 0) is 42.0 Å². The molecule has 3 amide bonds. The number of amides is 3. The maximum atomic E-state index is 12.4. The second kappa shape index (κ2) is 8.68. The van der Waals surface area contributed by atoms with Crippen LogP contribution in [0.4, 0.5) is 4.79 Å². The van der Waals surface area contributed by atoms with Gasteiger partial charge in [-0.3, -0.25) is 4.79 Å². The molecule has 5 nitrogen and oxygen atoms in total. The zero-order valence-electron chi connectivity index (χ0n) is 14.6. The molecular formula is C19H22BrN3O2S. The lowest BCUT2D eigenvalue weighted by Gasteiger charge is -2.27. The van der Waals surface area contributed by atoms with Gasteiger partial charge in [-0.1, -0.05) is 34.1 Å². The molecule has 1 unspecified atom stereocenters. The Kier molecular flexibility index (Phi) is 6.32. The third-order valence-electron chi connectivity index (χ3n) is 4.50. The molecule has 2 N–H and O–H groups in total. The Hall–Kier alpha value is -1.86. The van der Waals surface area contributed by atoms with Crippen LogP contribution in [0.3, 0.4) is 0 Å². The van der Waals surface area contributed by atoms with Crippen LogP contribution < -0.4 is 10.6 Å². The molecule has 0 saturated heterocycles. The fourth-order valence-electron chi connectivity index (χ4n) is 3.05. The Morgan fingerprint density at radius 1 is 1.31 bits per heavy atom. The Labute approximate surface area is 165 Å². The van der Waals surface area contributed by atoms with Gasteiger partial charge in [-0.25, -0.2) is 4.79 Å². The fraction of sp³-hybridized carbons (Fsp3) is 0.368. The molecule has 26 heavy (non-hydrogen) atoms. The number of nitrogens with one attached hydrogen (secondary N) is 2. The number of halogens is 1. The molecule has 1 aliphatic rings. The minimum absolute atomic E-state index is 0.0843. The van der Waals surface area contributed by atoms with E-state index in [9.17, 15) is 9.59 Å². The van der Waals surface area contributed by atoms with Crippen molar-refractivity contribution < 1.29 is 9.59 Å². The Balaban J connectivity index is 1.41. The highest BCUT2D eigenvalue weighted by atomic mass is 79.9. The van der Waals surface area contributed by atoms with Gasteiger partial charge in [0.25, 0.3) is 0 Å². The average molecular weight is 436 g/mol. The summed E-state index contributed by atoms with van der Waals surface area (Å²) >= 11 is 5.25. The topological polar surface area (TPSA) is 61.4 Å². The van der Waals surface area contributed by atoms with Crippen molar-refractivity contribution in [2.24, 2.45) is 0 Å². The monoisotopic (exact) mass is 435 g/mol. The molecule has 0 aliphatic carbocycles. The van der Waals surface area contributed by atoms with Crippen molar-refractivity contribution in [2.75, 3.05) is 13.1 Å². The summed E-state index contributed by atoms with van der Waals surface area (Å²) in [5.41, 5.74) is 2.26. The third-order valence-corrected chi connectivity index (χ3v) is 6.25. The summed E-state index contributed by atoms with van der Waals surface area (Å²) in [6.45, 7) is 3.71. The van der Waals surface area contributed by atoms with E-state index in [0.29, 0.717) is 19.5 Å². The van der Waals surface area contributed by atoms with E-state index in [1.165, 1.54) is 10.4 Å². The SMILES string of the molecule is CC(NC(=O)NCCC(=O)N1CCc2sccc2C1)c1ccccc1Br. The second-order valence-corrected chi connectivity index (χ2v) is 8.18. The van der Waals surface area contributed by atoms with Crippen LogP contribution in [0.15, 0.2) is 40.2 Å². The molecule has 0 radical (unpaired) electrons. The van der Waals surface area contributed by atoms with Crippen molar-refractivity contribution in [1.82, 2.24) is 15.5 Å². The minimum atomic E-state index is -0.264. The van der Waals surface area contributed by atoms with E-state index in [0.717, 1.165) is 23.0 Å². The van der Waals surface area contributed by atoms with Gasteiger partial charge >= 0.3 is 6.03 Å². The summed E-state index contributed by atoms with van der Waals surface area (Å²) in [5, 5.41) is 7.75. The van der Waals surface area contributed by atoms with Gasteiger partial charge in [-0.2, -0.15) is 0 Å². The number of urea groups is 1. The number of thiophene rings is 1. The van der Waals surface area contributed by atoms with Gasteiger partial charge < -0.3 is 15.5 Å². The van der Waals surface area contributed by atoms with Crippen molar-refractivity contribution in [2.45, 2.75) is 32.4 Å². The van der Waals surface area contributed by atoms with Crippen LogP contribution in [0.5, 0.6) is 0 Å². The summed E-state index contributed by atoms with van der Waals surface area (Å²) in [7, 11) is 0. The highest BCUT2D eigenvalue weighted by Gasteiger charge is 2.21. The zero-order valence-corrected chi connectivity index (χ0v) is 17.0. The first-order chi connectivity index (χ1) is 12.5. The Morgan fingerprint density at radius 2 is 2.12 bits per heavy atom. The summed E-state index contributed by atoms with van der Waals surface area (Å²) < 4.78 is 0.959. The molecule has 3 rings (SSSR count). The van der Waals surface area contributed by atoms with Gasteiger partial charge in [0.2, 0.25) is 5.91 Å². The first kappa shape index (κ1) is 18.9. The molecule has 0 spiro atoms. The van der Waals surface area contributed by atoms with Gasteiger partial charge in [0.05, 0.1) is 6.04 Å². The van der Waals surface area contributed by atoms with Crippen molar-refractivity contribution in [3.05, 3.63) is 56.2 Å². The second-order valence-electron chi connectivity index (χ2n) is 6.33. The van der Waals surface area contributed by atoms with E-state index in [1.807, 2.05) is 36.1 Å². The zero-order chi connectivity index (χ0) is 18.5. The molecule has 1 aliphatic heterocycles. The maximum Gasteiger partial charge on any atom is 0.315 e. The fourth-order valence-corrected chi connectivity index (χ4v) is 4.57. The first-order valence-corrected chi connectivity index (χ1v) is 10.3. The number of hydrogen-bond donors (Lipinski definition) is 2. The molecule has 2 heterocycles. The lowest BCUT2D eigenvalue weighted by Crippen LogP contribution is -2.40. The molecule has 1 atom stereocenters. The number of rotatable bonds is 5. The predicted octanol–water partition coefficient (Wildman–Crippen LogP) is 3.85. The van der Waals surface area contributed by atoms with Crippen LogP contribution in [0.25, 0.3) is 0 Å². The maximum absolute atomic E-state index is 12.4. The number of nitrogens with zero attached hydrogens (tertiary/aromatic N) is 1. The molecule has 0 saturated carbocycles. The Bertz CT molecular complexity index is 793. The largest absolute Gasteiger partial charge is 0.338 e. The number of fused-ring (bicyclic) bond motifs is 1. The lowest BCUT2D eigenvalue weighted by molar-refractivity contribution is -0.131. The predicted molar refractivity (Wildman–Crippen MR) is 107 cm³/mol. The third kappa shape index (κ3) is 4.65. The van der Waals surface area contributed by atoms with E-state index < -0.39 is 0 Å². The summed E-state index contributed by atoms with van der Waals surface area (Å²) in [6.07, 6.45) is 1.24. The first-order valence-electron chi connectivity index (χ1n) is 8.66. The minimum Gasteiger partial charge on any atom is -0.338 e. The number of hydrogen-bond acceptors (Lipinski definition) is 3. The van der Waals surface area contributed by atoms with Gasteiger partial charge in [0.15, 0.2) is 0 Å². The van der Waals surface area contributed by atoms with Crippen LogP contribution in [0.1, 0.15) is 35.4 Å². The van der Waals surface area contributed by atoms with Crippen LogP contribution >= 0.6 is 27.3 Å². The quantitative estimate of drug-likeness (QED) is 0.748. The molecule has 1 aromatic heterocycles. The molecule has 2 aromatic rings. The van der Waals surface area contributed by atoms with Crippen LogP contribution in [0, 0.1) is 0 Å². The Morgan fingerprint density at radius 3 is 2.92 bits per heavy atom. The molecule has 0 fully saturated rings. The van der Waals surface area contributed by atoms with E-state index in [2.05, 4.69) is 38.0 Å². The highest BCUT2D eigenvalue weighted by Crippen LogP contribution is 2.24. The summed E-state index contributed by atoms with van der Waals surface area (Å²) in [6, 6.07) is 9.49. The van der Waals surface area contributed by atoms with Crippen LogP contribution in [-0.2, 0) is 17.8 Å². The number of carbonyl (C=O) groups excluding carboxylic acids is 2. The van der Waals surface area contributed by atoms with Crippen LogP contribution in [0.2, 0.25) is 0 Å². The van der Waals surface area contributed by atoms with Gasteiger partial charge in [0, 0.05) is 35.4 Å². The number of benzene rings is 1. The number of carbonyl (C=O) groups is 2. The standard InChI is InChI=1S/C19H22BrN3O2S/c1-13(15-4-2-3-5-16(15)20)22-19(25)21-9-6-18(24)23-10-7-17-14(12-23)8-11-26-17/h2-5,8,11,13H,6-7,9-10,12H2,1H3,(H2,21,22,25). The lowest BCUT2D eigenvalue weighted by atomic mass is 10.1. The van der Waals surface area contributed by atoms with E-state index in [1.54, 1.807) is 11.3 Å². The van der Waals surface area contributed by atoms with Crippen molar-refractivity contribution in [1.29, 1.82) is 0 Å². The molecule has 0 bridgehead atoms. The van der Waals surface area contributed by atoms with Crippen LogP contribution in [-0.4, -0.2) is 29.9 Å². The smallest absolute Gasteiger partial charge is 0.315 e. The summed E-state index contributed by atoms with van der Waals surface area (Å²) in [4.78, 5) is 27.7. The van der Waals surface area contributed by atoms with Crippen molar-refractivity contribution in [3.8, 4) is 0 Å². The molecular weight excluding hydrogens is 414 g/mol. The highest BCUT2D eigenvalue weighted by molar-refractivity contribution is 9.10. The summed E-state index contributed by atoms with van der Waals surface area (Å²) in [5.74, 6) is 0.0843. The van der Waals surface area contributed by atoms with Gasteiger partial charge in [0.1, 0.15) is 0 Å². The van der Waals surface area contributed by atoms with Crippen molar-refractivity contribution >= 4 is 39.2 Å². The van der Waals surface area contributed by atoms with Crippen molar-refractivity contribution in [3.63, 3.8) is 0 Å². The van der Waals surface area contributed by atoms with E-state index in [-0.39, 0.29) is 18.0 Å². The van der Waals surface area contributed by atoms with Gasteiger partial charge in [-0.15, -0.1) is 11.3 Å². The van der Waals surface area contributed by atoms with E-state index in [4.69, 9.17) is 0 Å². The molecule has 138 valence electrons.